The van der Waals surface area contributed by atoms with E-state index in [-0.39, 0.29) is 11.4 Å². The van der Waals surface area contributed by atoms with Crippen LogP contribution in [-0.4, -0.2) is 32.2 Å². The normalized spacial score (nSPS) is 12.2. The lowest BCUT2D eigenvalue weighted by Crippen LogP contribution is -1.99. The minimum Gasteiger partial charge on any atom is -0.505 e. The predicted octanol–water partition coefficient (Wildman–Crippen LogP) is 2.55. The number of fused-ring (bicyclic) bond motifs is 1. The first-order valence-electron chi connectivity index (χ1n) is 5.63. The molecule has 0 aliphatic rings. The Kier molecular flexibility index (Phi) is 3.60. The van der Waals surface area contributed by atoms with Crippen molar-refractivity contribution >= 4 is 32.3 Å². The molecule has 0 heterocycles. The van der Waals surface area contributed by atoms with Crippen molar-refractivity contribution in [3.63, 3.8) is 0 Å². The molecule has 2 aromatic rings. The molecule has 0 saturated carbocycles. The molecule has 0 saturated heterocycles. The predicted molar refractivity (Wildman–Crippen MR) is 75.4 cm³/mol. The van der Waals surface area contributed by atoms with E-state index in [1.165, 1.54) is 13.1 Å². The van der Waals surface area contributed by atoms with Gasteiger partial charge in [0.1, 0.15) is 10.6 Å². The quantitative estimate of drug-likeness (QED) is 0.595. The highest BCUT2D eigenvalue weighted by atomic mass is 32.2. The lowest BCUT2D eigenvalue weighted by Gasteiger charge is -2.09. The molecule has 2 aromatic carbocycles. The van der Waals surface area contributed by atoms with E-state index < -0.39 is 15.0 Å². The summed E-state index contributed by atoms with van der Waals surface area (Å²) in [6, 6.07) is 6.24. The second kappa shape index (κ2) is 5.06. The van der Waals surface area contributed by atoms with Crippen molar-refractivity contribution in [2.45, 2.75) is 4.90 Å². The van der Waals surface area contributed by atoms with Crippen LogP contribution >= 0.6 is 0 Å². The molecular weight excluding hydrogens is 282 g/mol. The van der Waals surface area contributed by atoms with Crippen molar-refractivity contribution in [2.24, 2.45) is 10.2 Å². The van der Waals surface area contributed by atoms with Gasteiger partial charge in [0.2, 0.25) is 0 Å². The highest BCUT2D eigenvalue weighted by Gasteiger charge is 2.21. The summed E-state index contributed by atoms with van der Waals surface area (Å²) < 4.78 is 32.1. The van der Waals surface area contributed by atoms with E-state index in [0.29, 0.717) is 10.8 Å². The first-order valence-corrected chi connectivity index (χ1v) is 7.07. The standard InChI is InChI=1S/C12H13N3O4S/c1-13-8-3-4-9-7(5-8)6-10(20(17,18)19)11(12(9)16)15-14-2/h3-6,13,16H,1-2H3,(H,17,18,19). The van der Waals surface area contributed by atoms with Crippen LogP contribution < -0.4 is 5.32 Å². The Balaban J connectivity index is 2.92. The summed E-state index contributed by atoms with van der Waals surface area (Å²) in [6.07, 6.45) is 0. The summed E-state index contributed by atoms with van der Waals surface area (Å²) in [5.74, 6) is -0.344. The van der Waals surface area contributed by atoms with Gasteiger partial charge in [-0.3, -0.25) is 4.55 Å². The number of phenols is 1. The Morgan fingerprint density at radius 1 is 1.25 bits per heavy atom. The van der Waals surface area contributed by atoms with E-state index in [1.807, 2.05) is 0 Å². The molecule has 0 aliphatic carbocycles. The van der Waals surface area contributed by atoms with Gasteiger partial charge in [-0.25, -0.2) is 0 Å². The molecule has 3 N–H and O–H groups in total. The highest BCUT2D eigenvalue weighted by Crippen LogP contribution is 2.41. The van der Waals surface area contributed by atoms with Gasteiger partial charge in [-0.05, 0) is 29.7 Å². The topological polar surface area (TPSA) is 111 Å². The van der Waals surface area contributed by atoms with E-state index >= 15 is 0 Å². The fourth-order valence-corrected chi connectivity index (χ4v) is 2.56. The van der Waals surface area contributed by atoms with Crippen LogP contribution in [0.3, 0.4) is 0 Å². The Bertz CT molecular complexity index is 800. The van der Waals surface area contributed by atoms with Crippen LogP contribution in [0.25, 0.3) is 10.8 Å². The molecule has 0 radical (unpaired) electrons. The zero-order chi connectivity index (χ0) is 14.9. The largest absolute Gasteiger partial charge is 0.505 e. The van der Waals surface area contributed by atoms with Crippen molar-refractivity contribution in [3.05, 3.63) is 24.3 Å². The lowest BCUT2D eigenvalue weighted by molar-refractivity contribution is 0.472. The van der Waals surface area contributed by atoms with Gasteiger partial charge < -0.3 is 10.4 Å². The lowest BCUT2D eigenvalue weighted by atomic mass is 10.1. The zero-order valence-corrected chi connectivity index (χ0v) is 11.6. The average Bonchev–Trinajstić information content (AvgIpc) is 2.40. The summed E-state index contributed by atoms with van der Waals surface area (Å²) in [6.45, 7) is 0. The molecule has 106 valence electrons. The number of azo groups is 1. The molecule has 0 spiro atoms. The number of hydrogen-bond acceptors (Lipinski definition) is 6. The molecular formula is C12H13N3O4S. The Morgan fingerprint density at radius 3 is 2.50 bits per heavy atom. The second-order valence-electron chi connectivity index (χ2n) is 4.03. The van der Waals surface area contributed by atoms with Gasteiger partial charge in [0.15, 0.2) is 5.75 Å². The molecule has 2 rings (SSSR count). The molecule has 0 aliphatic heterocycles. The zero-order valence-electron chi connectivity index (χ0n) is 10.8. The SMILES string of the molecule is CN=Nc1c(S(=O)(=O)O)cc2cc(NC)ccc2c1O. The first kappa shape index (κ1) is 14.2. The van der Waals surface area contributed by atoms with E-state index in [1.54, 1.807) is 25.2 Å². The molecule has 0 atom stereocenters. The Labute approximate surface area is 115 Å². The van der Waals surface area contributed by atoms with Gasteiger partial charge in [-0.15, -0.1) is 0 Å². The highest BCUT2D eigenvalue weighted by molar-refractivity contribution is 7.86. The van der Waals surface area contributed by atoms with E-state index in [2.05, 4.69) is 15.5 Å². The minimum absolute atomic E-state index is 0.278. The molecule has 8 heteroatoms. The minimum atomic E-state index is -4.52. The second-order valence-corrected chi connectivity index (χ2v) is 5.42. The smallest absolute Gasteiger partial charge is 0.296 e. The number of nitrogens with zero attached hydrogens (tertiary/aromatic N) is 2. The fourth-order valence-electron chi connectivity index (χ4n) is 1.90. The number of nitrogens with one attached hydrogen (secondary N) is 1. The van der Waals surface area contributed by atoms with Crippen molar-refractivity contribution in [2.75, 3.05) is 19.4 Å². The number of benzene rings is 2. The molecule has 0 bridgehead atoms. The molecule has 0 fully saturated rings. The third-order valence-electron chi connectivity index (χ3n) is 2.82. The summed E-state index contributed by atoms with van der Waals surface area (Å²) in [5, 5.41) is 21.0. The van der Waals surface area contributed by atoms with Crippen LogP contribution in [0.4, 0.5) is 11.4 Å². The van der Waals surface area contributed by atoms with Crippen LogP contribution in [0.15, 0.2) is 39.4 Å². The van der Waals surface area contributed by atoms with Gasteiger partial charge in [-0.2, -0.15) is 18.6 Å². The van der Waals surface area contributed by atoms with Crippen LogP contribution in [0, 0.1) is 0 Å². The van der Waals surface area contributed by atoms with E-state index in [0.717, 1.165) is 5.69 Å². The van der Waals surface area contributed by atoms with Crippen molar-refractivity contribution in [1.29, 1.82) is 0 Å². The van der Waals surface area contributed by atoms with Crippen molar-refractivity contribution < 1.29 is 18.1 Å². The van der Waals surface area contributed by atoms with Gasteiger partial charge in [0.05, 0.1) is 0 Å². The van der Waals surface area contributed by atoms with Crippen molar-refractivity contribution in [3.8, 4) is 5.75 Å². The molecule has 20 heavy (non-hydrogen) atoms. The Hall–Kier alpha value is -2.19. The monoisotopic (exact) mass is 295 g/mol. The summed E-state index contributed by atoms with van der Waals surface area (Å²) in [7, 11) is -1.48. The van der Waals surface area contributed by atoms with Crippen LogP contribution in [0.5, 0.6) is 5.75 Å². The van der Waals surface area contributed by atoms with Crippen LogP contribution in [0.2, 0.25) is 0 Å². The third-order valence-corrected chi connectivity index (χ3v) is 3.68. The maximum absolute atomic E-state index is 11.4. The molecule has 0 aromatic heterocycles. The summed E-state index contributed by atoms with van der Waals surface area (Å²) in [5.41, 5.74) is 0.461. The Morgan fingerprint density at radius 2 is 1.95 bits per heavy atom. The summed E-state index contributed by atoms with van der Waals surface area (Å²) >= 11 is 0. The summed E-state index contributed by atoms with van der Waals surface area (Å²) in [4.78, 5) is -0.485. The molecule has 0 unspecified atom stereocenters. The molecule has 0 amide bonds. The first-order chi connectivity index (χ1) is 9.38. The number of phenolic OH excluding ortho intramolecular Hbond substituents is 1. The average molecular weight is 295 g/mol. The maximum atomic E-state index is 11.4. The fraction of sp³-hybridized carbons (Fsp3) is 0.167. The number of aromatic hydroxyl groups is 1. The van der Waals surface area contributed by atoms with Crippen LogP contribution in [0.1, 0.15) is 0 Å². The number of rotatable bonds is 3. The van der Waals surface area contributed by atoms with Gasteiger partial charge in [0, 0.05) is 25.2 Å². The molecule has 7 nitrogen and oxygen atoms in total. The van der Waals surface area contributed by atoms with Gasteiger partial charge in [-0.1, -0.05) is 0 Å². The van der Waals surface area contributed by atoms with E-state index in [4.69, 9.17) is 0 Å². The van der Waals surface area contributed by atoms with Gasteiger partial charge >= 0.3 is 0 Å². The maximum Gasteiger partial charge on any atom is 0.296 e. The van der Waals surface area contributed by atoms with E-state index in [9.17, 15) is 18.1 Å². The van der Waals surface area contributed by atoms with Crippen LogP contribution in [-0.2, 0) is 10.1 Å². The third kappa shape index (κ3) is 2.43. The number of anilines is 1. The number of hydrogen-bond donors (Lipinski definition) is 3. The van der Waals surface area contributed by atoms with Crippen molar-refractivity contribution in [1.82, 2.24) is 0 Å². The van der Waals surface area contributed by atoms with Gasteiger partial charge in [0.25, 0.3) is 10.1 Å².